The third kappa shape index (κ3) is 2.05. The fraction of sp³-hybridized carbons (Fsp3) is 0.0714. The van der Waals surface area contributed by atoms with E-state index in [1.165, 1.54) is 6.07 Å². The lowest BCUT2D eigenvalue weighted by Crippen LogP contribution is -2.01. The average molecular weight is 241 g/mol. The van der Waals surface area contributed by atoms with E-state index < -0.39 is 0 Å². The van der Waals surface area contributed by atoms with Crippen LogP contribution >= 0.6 is 0 Å². The molecule has 0 aliphatic carbocycles. The maximum absolute atomic E-state index is 13.4. The standard InChI is InChI=1S/C14H12FN3/c15-12-5-1-2-6-13(12)16-9-11-10-18-8-4-3-7-14(18)17-11/h1-8,10,16H,9H2. The van der Waals surface area contributed by atoms with Crippen LogP contribution in [-0.2, 0) is 6.54 Å². The number of benzene rings is 1. The van der Waals surface area contributed by atoms with Crippen molar-refractivity contribution in [2.45, 2.75) is 6.54 Å². The zero-order valence-corrected chi connectivity index (χ0v) is 9.68. The number of pyridine rings is 1. The third-order valence-corrected chi connectivity index (χ3v) is 2.75. The van der Waals surface area contributed by atoms with Gasteiger partial charge >= 0.3 is 0 Å². The quantitative estimate of drug-likeness (QED) is 0.763. The molecule has 0 aliphatic heterocycles. The van der Waals surface area contributed by atoms with Gasteiger partial charge in [-0.05, 0) is 24.3 Å². The van der Waals surface area contributed by atoms with Gasteiger partial charge in [0, 0.05) is 12.4 Å². The van der Waals surface area contributed by atoms with E-state index in [9.17, 15) is 4.39 Å². The molecular formula is C14H12FN3. The molecule has 18 heavy (non-hydrogen) atoms. The molecule has 0 spiro atoms. The monoisotopic (exact) mass is 241 g/mol. The summed E-state index contributed by atoms with van der Waals surface area (Å²) >= 11 is 0. The van der Waals surface area contributed by atoms with Gasteiger partial charge in [-0.25, -0.2) is 9.37 Å². The lowest BCUT2D eigenvalue weighted by atomic mass is 10.3. The van der Waals surface area contributed by atoms with E-state index in [-0.39, 0.29) is 5.82 Å². The van der Waals surface area contributed by atoms with Crippen molar-refractivity contribution >= 4 is 11.3 Å². The lowest BCUT2D eigenvalue weighted by Gasteiger charge is -2.04. The van der Waals surface area contributed by atoms with E-state index in [2.05, 4.69) is 10.3 Å². The predicted octanol–water partition coefficient (Wildman–Crippen LogP) is 3.09. The van der Waals surface area contributed by atoms with Gasteiger partial charge in [-0.3, -0.25) is 0 Å². The number of hydrogen-bond acceptors (Lipinski definition) is 2. The van der Waals surface area contributed by atoms with Crippen molar-refractivity contribution in [3.05, 3.63) is 66.4 Å². The maximum Gasteiger partial charge on any atom is 0.146 e. The molecule has 0 fully saturated rings. The van der Waals surface area contributed by atoms with Crippen molar-refractivity contribution in [2.24, 2.45) is 0 Å². The van der Waals surface area contributed by atoms with Crippen LogP contribution in [0.5, 0.6) is 0 Å². The Hall–Kier alpha value is -2.36. The fourth-order valence-electron chi connectivity index (χ4n) is 1.86. The minimum Gasteiger partial charge on any atom is -0.377 e. The van der Waals surface area contributed by atoms with Crippen LogP contribution in [0.15, 0.2) is 54.9 Å². The van der Waals surface area contributed by atoms with Crippen LogP contribution in [0.4, 0.5) is 10.1 Å². The van der Waals surface area contributed by atoms with Crippen LogP contribution in [0, 0.1) is 5.82 Å². The third-order valence-electron chi connectivity index (χ3n) is 2.75. The molecule has 90 valence electrons. The van der Waals surface area contributed by atoms with Gasteiger partial charge in [0.1, 0.15) is 11.5 Å². The van der Waals surface area contributed by atoms with Crippen LogP contribution in [0.2, 0.25) is 0 Å². The first-order chi connectivity index (χ1) is 8.83. The van der Waals surface area contributed by atoms with E-state index in [1.807, 2.05) is 35.0 Å². The van der Waals surface area contributed by atoms with Crippen molar-refractivity contribution in [3.63, 3.8) is 0 Å². The topological polar surface area (TPSA) is 29.3 Å². The summed E-state index contributed by atoms with van der Waals surface area (Å²) in [5.74, 6) is -0.249. The number of rotatable bonds is 3. The second-order valence-electron chi connectivity index (χ2n) is 4.03. The van der Waals surface area contributed by atoms with Gasteiger partial charge in [0.25, 0.3) is 0 Å². The van der Waals surface area contributed by atoms with Crippen molar-refractivity contribution in [1.82, 2.24) is 9.38 Å². The number of fused-ring (bicyclic) bond motifs is 1. The molecule has 3 nitrogen and oxygen atoms in total. The highest BCUT2D eigenvalue weighted by Crippen LogP contribution is 2.14. The second kappa shape index (κ2) is 4.49. The van der Waals surface area contributed by atoms with Crippen LogP contribution in [-0.4, -0.2) is 9.38 Å². The Morgan fingerprint density at radius 2 is 1.94 bits per heavy atom. The predicted molar refractivity (Wildman–Crippen MR) is 68.9 cm³/mol. The Morgan fingerprint density at radius 3 is 2.78 bits per heavy atom. The second-order valence-corrected chi connectivity index (χ2v) is 4.03. The van der Waals surface area contributed by atoms with Gasteiger partial charge in [-0.1, -0.05) is 18.2 Å². The Morgan fingerprint density at radius 1 is 1.11 bits per heavy atom. The number of hydrogen-bond donors (Lipinski definition) is 1. The highest BCUT2D eigenvalue weighted by Gasteiger charge is 2.03. The van der Waals surface area contributed by atoms with Gasteiger partial charge in [-0.15, -0.1) is 0 Å². The zero-order chi connectivity index (χ0) is 12.4. The summed E-state index contributed by atoms with van der Waals surface area (Å²) < 4.78 is 15.4. The average Bonchev–Trinajstić information content (AvgIpc) is 2.80. The molecule has 0 bridgehead atoms. The molecular weight excluding hydrogens is 229 g/mol. The number of imidazole rings is 1. The summed E-state index contributed by atoms with van der Waals surface area (Å²) in [6.07, 6.45) is 3.87. The molecule has 0 radical (unpaired) electrons. The number of nitrogens with zero attached hydrogens (tertiary/aromatic N) is 2. The van der Waals surface area contributed by atoms with Crippen molar-refractivity contribution in [1.29, 1.82) is 0 Å². The molecule has 1 N–H and O–H groups in total. The Kier molecular flexibility index (Phi) is 2.68. The summed E-state index contributed by atoms with van der Waals surface area (Å²) in [6, 6.07) is 12.4. The summed E-state index contributed by atoms with van der Waals surface area (Å²) in [6.45, 7) is 0.503. The zero-order valence-electron chi connectivity index (χ0n) is 9.68. The minimum absolute atomic E-state index is 0.249. The first kappa shape index (κ1) is 10.8. The molecule has 3 aromatic rings. The normalized spacial score (nSPS) is 10.7. The van der Waals surface area contributed by atoms with E-state index in [1.54, 1.807) is 18.2 Å². The van der Waals surface area contributed by atoms with Gasteiger partial charge in [0.2, 0.25) is 0 Å². The van der Waals surface area contributed by atoms with Crippen LogP contribution < -0.4 is 5.32 Å². The highest BCUT2D eigenvalue weighted by molar-refractivity contribution is 5.45. The molecule has 1 aromatic carbocycles. The van der Waals surface area contributed by atoms with E-state index >= 15 is 0 Å². The Bertz CT molecular complexity index is 642. The summed E-state index contributed by atoms with van der Waals surface area (Å²) in [4.78, 5) is 4.44. The number of nitrogens with one attached hydrogen (secondary N) is 1. The molecule has 0 atom stereocenters. The van der Waals surface area contributed by atoms with Crippen molar-refractivity contribution < 1.29 is 4.39 Å². The fourth-order valence-corrected chi connectivity index (χ4v) is 1.86. The summed E-state index contributed by atoms with van der Waals surface area (Å²) in [7, 11) is 0. The SMILES string of the molecule is Fc1ccccc1NCc1cn2ccccc2n1. The van der Waals surface area contributed by atoms with Crippen LogP contribution in [0.1, 0.15) is 5.69 Å². The van der Waals surface area contributed by atoms with Crippen molar-refractivity contribution in [3.8, 4) is 0 Å². The first-order valence-corrected chi connectivity index (χ1v) is 5.74. The molecule has 0 aliphatic rings. The molecule has 0 amide bonds. The molecule has 3 rings (SSSR count). The smallest absolute Gasteiger partial charge is 0.146 e. The lowest BCUT2D eigenvalue weighted by molar-refractivity contribution is 0.630. The first-order valence-electron chi connectivity index (χ1n) is 5.74. The molecule has 2 heterocycles. The summed E-state index contributed by atoms with van der Waals surface area (Å²) in [5.41, 5.74) is 2.27. The molecule has 0 saturated carbocycles. The minimum atomic E-state index is -0.249. The Balaban J connectivity index is 1.79. The van der Waals surface area contributed by atoms with Crippen LogP contribution in [0.25, 0.3) is 5.65 Å². The van der Waals surface area contributed by atoms with Gasteiger partial charge in [0.15, 0.2) is 0 Å². The molecule has 0 saturated heterocycles. The number of halogens is 1. The Labute approximate surface area is 104 Å². The highest BCUT2D eigenvalue weighted by atomic mass is 19.1. The van der Waals surface area contributed by atoms with Gasteiger partial charge in [-0.2, -0.15) is 0 Å². The van der Waals surface area contributed by atoms with E-state index in [0.717, 1.165) is 11.3 Å². The van der Waals surface area contributed by atoms with Crippen LogP contribution in [0.3, 0.4) is 0 Å². The maximum atomic E-state index is 13.4. The molecule has 2 aromatic heterocycles. The van der Waals surface area contributed by atoms with Gasteiger partial charge in [0.05, 0.1) is 17.9 Å². The molecule has 4 heteroatoms. The number of aromatic nitrogens is 2. The van der Waals surface area contributed by atoms with E-state index in [4.69, 9.17) is 0 Å². The van der Waals surface area contributed by atoms with Crippen molar-refractivity contribution in [2.75, 3.05) is 5.32 Å². The van der Waals surface area contributed by atoms with Gasteiger partial charge < -0.3 is 9.72 Å². The largest absolute Gasteiger partial charge is 0.377 e. The summed E-state index contributed by atoms with van der Waals surface area (Å²) in [5, 5.41) is 3.04. The van der Waals surface area contributed by atoms with E-state index in [0.29, 0.717) is 12.2 Å². The molecule has 0 unspecified atom stereocenters. The number of anilines is 1. The number of para-hydroxylation sites is 1.